The van der Waals surface area contributed by atoms with Crippen LogP contribution in [0, 0.1) is 11.3 Å². The maximum Gasteiger partial charge on any atom is 0.191 e. The summed E-state index contributed by atoms with van der Waals surface area (Å²) < 4.78 is 0. The van der Waals surface area contributed by atoms with Crippen molar-refractivity contribution in [3.05, 3.63) is 34.2 Å². The van der Waals surface area contributed by atoms with Gasteiger partial charge in [0.05, 0.1) is 6.04 Å². The van der Waals surface area contributed by atoms with Gasteiger partial charge < -0.3 is 20.3 Å². The van der Waals surface area contributed by atoms with Crippen molar-refractivity contribution in [2.24, 2.45) is 10.7 Å². The number of nitrogens with two attached hydrogens (primary N) is 1. The van der Waals surface area contributed by atoms with Gasteiger partial charge >= 0.3 is 0 Å². The molecular formula is C18H26N6OS. The van der Waals surface area contributed by atoms with Gasteiger partial charge in [0, 0.05) is 50.8 Å². The minimum atomic E-state index is -0.432. The number of carbonyl (C=O) groups is 1. The second-order valence-electron chi connectivity index (χ2n) is 6.53. The van der Waals surface area contributed by atoms with Crippen LogP contribution in [0.4, 0.5) is 0 Å². The molecule has 2 unspecified atom stereocenters. The molecule has 0 saturated carbocycles. The quantitative estimate of drug-likeness (QED) is 0.458. The van der Waals surface area contributed by atoms with Crippen molar-refractivity contribution in [3.8, 4) is 6.07 Å². The van der Waals surface area contributed by atoms with Crippen molar-refractivity contribution < 1.29 is 4.79 Å². The number of piperazine rings is 1. The van der Waals surface area contributed by atoms with Crippen molar-refractivity contribution in [2.45, 2.75) is 19.0 Å². The Morgan fingerprint density at radius 3 is 2.54 bits per heavy atom. The Kier molecular flexibility index (Phi) is 6.77. The highest BCUT2D eigenvalue weighted by atomic mass is 32.1. The van der Waals surface area contributed by atoms with Gasteiger partial charge in [-0.3, -0.25) is 4.90 Å². The molecule has 1 fully saturated rings. The average Bonchev–Trinajstić information content (AvgIpc) is 3.10. The number of nitriles is 1. The van der Waals surface area contributed by atoms with E-state index in [1.54, 1.807) is 11.0 Å². The van der Waals surface area contributed by atoms with Gasteiger partial charge in [-0.2, -0.15) is 5.26 Å². The second-order valence-corrected chi connectivity index (χ2v) is 7.64. The third-order valence-corrected chi connectivity index (χ3v) is 5.56. The van der Waals surface area contributed by atoms with Crippen molar-refractivity contribution in [1.29, 1.82) is 5.26 Å². The molecular weight excluding hydrogens is 348 g/mol. The fraction of sp³-hybridized carbons (Fsp3) is 0.500. The summed E-state index contributed by atoms with van der Waals surface area (Å²) in [7, 11) is 3.62. The molecule has 140 valence electrons. The van der Waals surface area contributed by atoms with E-state index < -0.39 is 12.1 Å². The summed E-state index contributed by atoms with van der Waals surface area (Å²) in [4.78, 5) is 24.1. The van der Waals surface area contributed by atoms with Crippen LogP contribution in [0.3, 0.4) is 0 Å². The number of thiophene rings is 1. The summed E-state index contributed by atoms with van der Waals surface area (Å²) in [6, 6.07) is 4.91. The van der Waals surface area contributed by atoms with Gasteiger partial charge in [0.15, 0.2) is 5.96 Å². The van der Waals surface area contributed by atoms with Crippen LogP contribution >= 0.6 is 11.3 Å². The minimum Gasteiger partial charge on any atom is -0.373 e. The molecule has 1 saturated heterocycles. The number of allylic oxidation sites excluding steroid dienone is 1. The van der Waals surface area contributed by atoms with E-state index >= 15 is 0 Å². The van der Waals surface area contributed by atoms with Crippen molar-refractivity contribution in [3.63, 3.8) is 0 Å². The number of guanidine groups is 1. The van der Waals surface area contributed by atoms with Crippen LogP contribution in [0.15, 0.2) is 29.4 Å². The van der Waals surface area contributed by atoms with Crippen LogP contribution in [0.25, 0.3) is 0 Å². The summed E-state index contributed by atoms with van der Waals surface area (Å²) in [6.07, 6.45) is 0.944. The van der Waals surface area contributed by atoms with E-state index in [0.717, 1.165) is 43.0 Å². The average molecular weight is 375 g/mol. The third kappa shape index (κ3) is 4.62. The first-order chi connectivity index (χ1) is 12.4. The number of carbonyl (C=O) groups excluding carboxylic acids is 1. The molecule has 1 aliphatic rings. The monoisotopic (exact) mass is 374 g/mol. The Morgan fingerprint density at radius 1 is 1.42 bits per heavy atom. The number of rotatable bonds is 6. The van der Waals surface area contributed by atoms with Crippen LogP contribution in [0.5, 0.6) is 0 Å². The highest BCUT2D eigenvalue weighted by molar-refractivity contribution is 7.12. The molecule has 1 aliphatic heterocycles. The summed E-state index contributed by atoms with van der Waals surface area (Å²) in [5.41, 5.74) is 7.08. The lowest BCUT2D eigenvalue weighted by Gasteiger charge is -2.40. The lowest BCUT2D eigenvalue weighted by atomic mass is 10.1. The van der Waals surface area contributed by atoms with E-state index in [-0.39, 0.29) is 0 Å². The maximum absolute atomic E-state index is 12.0. The fourth-order valence-electron chi connectivity index (χ4n) is 2.90. The van der Waals surface area contributed by atoms with Crippen LogP contribution < -0.4 is 5.73 Å². The van der Waals surface area contributed by atoms with Gasteiger partial charge in [0.2, 0.25) is 0 Å². The third-order valence-electron chi connectivity index (χ3n) is 4.50. The zero-order chi connectivity index (χ0) is 19.3. The number of hydrogen-bond acceptors (Lipinski definition) is 6. The largest absolute Gasteiger partial charge is 0.373 e. The van der Waals surface area contributed by atoms with E-state index in [0.29, 0.717) is 10.8 Å². The Labute approximate surface area is 159 Å². The van der Waals surface area contributed by atoms with Gasteiger partial charge in [-0.05, 0) is 19.1 Å². The molecule has 0 aromatic carbocycles. The molecule has 0 amide bonds. The van der Waals surface area contributed by atoms with Gasteiger partial charge in [-0.15, -0.1) is 11.3 Å². The van der Waals surface area contributed by atoms with Gasteiger partial charge in [-0.1, -0.05) is 6.58 Å². The molecule has 0 bridgehead atoms. The van der Waals surface area contributed by atoms with Crippen LogP contribution in [-0.2, 0) is 4.79 Å². The van der Waals surface area contributed by atoms with Gasteiger partial charge in [0.1, 0.15) is 23.3 Å². The fourth-order valence-corrected chi connectivity index (χ4v) is 3.78. The highest BCUT2D eigenvalue weighted by Gasteiger charge is 2.32. The first kappa shape index (κ1) is 19.9. The van der Waals surface area contributed by atoms with E-state index in [1.165, 1.54) is 11.3 Å². The zero-order valence-electron chi connectivity index (χ0n) is 15.6. The minimum absolute atomic E-state index is 0.356. The Morgan fingerprint density at radius 2 is 2.08 bits per heavy atom. The summed E-state index contributed by atoms with van der Waals surface area (Å²) >= 11 is 1.36. The summed E-state index contributed by atoms with van der Waals surface area (Å²) in [5, 5.41) is 9.13. The molecule has 0 radical (unpaired) electrons. The van der Waals surface area contributed by atoms with Crippen LogP contribution in [-0.4, -0.2) is 73.3 Å². The molecule has 1 aromatic rings. The Hall–Kier alpha value is -2.37. The summed E-state index contributed by atoms with van der Waals surface area (Å²) in [5.74, 6) is 0.356. The number of aldehydes is 1. The molecule has 0 spiro atoms. The molecule has 2 atom stereocenters. The van der Waals surface area contributed by atoms with Gasteiger partial charge in [-0.25, -0.2) is 4.99 Å². The molecule has 8 heteroatoms. The Bertz CT molecular complexity index is 712. The molecule has 7 nitrogen and oxygen atoms in total. The first-order valence-electron chi connectivity index (χ1n) is 8.47. The first-order valence-corrected chi connectivity index (χ1v) is 9.29. The van der Waals surface area contributed by atoms with Crippen molar-refractivity contribution >= 4 is 23.6 Å². The lowest BCUT2D eigenvalue weighted by Crippen LogP contribution is -2.52. The van der Waals surface area contributed by atoms with E-state index in [4.69, 9.17) is 11.0 Å². The normalized spacial score (nSPS) is 18.1. The number of hydrogen-bond donors (Lipinski definition) is 1. The molecule has 2 heterocycles. The number of aliphatic imine (C=N–C) groups is 1. The number of nitrogens with zero attached hydrogens (tertiary/aromatic N) is 5. The zero-order valence-corrected chi connectivity index (χ0v) is 16.4. The second kappa shape index (κ2) is 8.83. The standard InChI is InChI=1S/C18H26N6OS/c1-13(2)23-7-9-24(10-8-23)15(12-25)17(21-18(20)22(3)4)16-6-5-14(11-19)26-16/h5-6,12,15,17H,1,7-10H2,2-4H3,(H2,20,21). The van der Waals surface area contributed by atoms with Crippen molar-refractivity contribution in [1.82, 2.24) is 14.7 Å². The van der Waals surface area contributed by atoms with Crippen molar-refractivity contribution in [2.75, 3.05) is 40.3 Å². The molecule has 0 aliphatic carbocycles. The van der Waals surface area contributed by atoms with E-state index in [9.17, 15) is 4.79 Å². The summed E-state index contributed by atoms with van der Waals surface area (Å²) in [6.45, 7) is 9.13. The molecule has 2 N–H and O–H groups in total. The predicted octanol–water partition coefficient (Wildman–Crippen LogP) is 1.26. The van der Waals surface area contributed by atoms with E-state index in [2.05, 4.69) is 27.4 Å². The molecule has 26 heavy (non-hydrogen) atoms. The van der Waals surface area contributed by atoms with Gasteiger partial charge in [0.25, 0.3) is 0 Å². The predicted molar refractivity (Wildman–Crippen MR) is 105 cm³/mol. The van der Waals surface area contributed by atoms with Crippen LogP contribution in [0.1, 0.15) is 22.7 Å². The topological polar surface area (TPSA) is 89.0 Å². The molecule has 1 aromatic heterocycles. The molecule has 2 rings (SSSR count). The maximum atomic E-state index is 12.0. The SMILES string of the molecule is C=C(C)N1CCN(C(C=O)C(N=C(N)N(C)C)c2ccc(C#N)s2)CC1. The highest BCUT2D eigenvalue weighted by Crippen LogP contribution is 2.31. The lowest BCUT2D eigenvalue weighted by molar-refractivity contribution is -0.113. The smallest absolute Gasteiger partial charge is 0.191 e. The van der Waals surface area contributed by atoms with Crippen LogP contribution in [0.2, 0.25) is 0 Å². The van der Waals surface area contributed by atoms with E-state index in [1.807, 2.05) is 27.1 Å². The Balaban J connectivity index is 2.30.